The van der Waals surface area contributed by atoms with Gasteiger partial charge in [-0.25, -0.2) is 4.68 Å². The molecule has 0 bridgehead atoms. The van der Waals surface area contributed by atoms with E-state index < -0.39 is 0 Å². The van der Waals surface area contributed by atoms with Crippen LogP contribution in [0.15, 0.2) is 35.3 Å². The van der Waals surface area contributed by atoms with Crippen molar-refractivity contribution in [2.75, 3.05) is 19.6 Å². The largest absolute Gasteiger partial charge is 0.353 e. The third-order valence-corrected chi connectivity index (χ3v) is 3.11. The molecule has 0 aliphatic heterocycles. The molecule has 0 aliphatic rings. The van der Waals surface area contributed by atoms with Gasteiger partial charge in [-0.1, -0.05) is 25.1 Å². The first-order valence-electron chi connectivity index (χ1n) is 7.14. The van der Waals surface area contributed by atoms with Gasteiger partial charge in [0.05, 0.1) is 11.6 Å². The first kappa shape index (κ1) is 15.2. The van der Waals surface area contributed by atoms with Crippen LogP contribution in [0.1, 0.15) is 13.3 Å². The average Bonchev–Trinajstić information content (AvgIpc) is 2.50. The lowest BCUT2D eigenvalue weighted by Gasteiger charge is -2.08. The van der Waals surface area contributed by atoms with E-state index in [-0.39, 0.29) is 18.0 Å². The minimum atomic E-state index is -0.243. The van der Waals surface area contributed by atoms with Gasteiger partial charge in [0.1, 0.15) is 6.54 Å². The Labute approximate surface area is 123 Å². The molecule has 0 saturated carbocycles. The molecule has 0 aliphatic carbocycles. The monoisotopic (exact) mass is 288 g/mol. The van der Waals surface area contributed by atoms with E-state index >= 15 is 0 Å². The standard InChI is InChI=1S/C15H20N4O2/c1-2-7-16-8-9-17-14(20)11-19-15(21)13-6-4-3-5-12(13)10-18-19/h3-6,10,16H,2,7-9,11H2,1H3,(H,17,20). The number of nitrogens with one attached hydrogen (secondary N) is 2. The molecule has 112 valence electrons. The Morgan fingerprint density at radius 2 is 2.05 bits per heavy atom. The van der Waals surface area contributed by atoms with E-state index in [0.717, 1.165) is 24.9 Å². The zero-order valence-corrected chi connectivity index (χ0v) is 12.1. The molecule has 0 atom stereocenters. The van der Waals surface area contributed by atoms with Gasteiger partial charge in [-0.2, -0.15) is 5.10 Å². The molecular weight excluding hydrogens is 268 g/mol. The molecule has 2 N–H and O–H groups in total. The summed E-state index contributed by atoms with van der Waals surface area (Å²) in [5.41, 5.74) is -0.243. The maximum atomic E-state index is 12.2. The molecule has 0 saturated heterocycles. The fourth-order valence-corrected chi connectivity index (χ4v) is 2.02. The number of rotatable bonds is 7. The van der Waals surface area contributed by atoms with Crippen LogP contribution in [-0.2, 0) is 11.3 Å². The third kappa shape index (κ3) is 4.13. The minimum absolute atomic E-state index is 0.0581. The summed E-state index contributed by atoms with van der Waals surface area (Å²) in [5.74, 6) is -0.210. The van der Waals surface area contributed by atoms with Crippen LogP contribution in [0.25, 0.3) is 10.8 Å². The molecular formula is C15H20N4O2. The highest BCUT2D eigenvalue weighted by Crippen LogP contribution is 2.05. The zero-order chi connectivity index (χ0) is 15.1. The number of nitrogens with zero attached hydrogens (tertiary/aromatic N) is 2. The van der Waals surface area contributed by atoms with Crippen LogP contribution in [0.4, 0.5) is 0 Å². The van der Waals surface area contributed by atoms with Crippen molar-refractivity contribution in [2.24, 2.45) is 0 Å². The fourth-order valence-electron chi connectivity index (χ4n) is 2.02. The number of benzene rings is 1. The van der Waals surface area contributed by atoms with Crippen LogP contribution in [0, 0.1) is 0 Å². The van der Waals surface area contributed by atoms with Gasteiger partial charge >= 0.3 is 0 Å². The molecule has 6 nitrogen and oxygen atoms in total. The minimum Gasteiger partial charge on any atom is -0.353 e. The van der Waals surface area contributed by atoms with Gasteiger partial charge in [-0.15, -0.1) is 0 Å². The van der Waals surface area contributed by atoms with Crippen molar-refractivity contribution in [2.45, 2.75) is 19.9 Å². The molecule has 1 heterocycles. The van der Waals surface area contributed by atoms with Gasteiger partial charge in [0.2, 0.25) is 5.91 Å². The second-order valence-corrected chi connectivity index (χ2v) is 4.79. The predicted octanol–water partition coefficient (Wildman–Crippen LogP) is 0.512. The number of fused-ring (bicyclic) bond motifs is 1. The Morgan fingerprint density at radius 1 is 1.24 bits per heavy atom. The summed E-state index contributed by atoms with van der Waals surface area (Å²) in [5, 5.41) is 11.3. The van der Waals surface area contributed by atoms with Gasteiger partial charge in [-0.05, 0) is 19.0 Å². The quantitative estimate of drug-likeness (QED) is 0.728. The molecule has 0 spiro atoms. The van der Waals surface area contributed by atoms with Crippen molar-refractivity contribution in [1.29, 1.82) is 0 Å². The molecule has 0 fully saturated rings. The number of aromatic nitrogens is 2. The van der Waals surface area contributed by atoms with Crippen molar-refractivity contribution in [3.05, 3.63) is 40.8 Å². The van der Waals surface area contributed by atoms with E-state index in [1.807, 2.05) is 12.1 Å². The lowest BCUT2D eigenvalue weighted by molar-refractivity contribution is -0.121. The molecule has 0 radical (unpaired) electrons. The molecule has 6 heteroatoms. The first-order valence-corrected chi connectivity index (χ1v) is 7.14. The number of amides is 1. The SMILES string of the molecule is CCCNCCNC(=O)Cn1ncc2ccccc2c1=O. The second kappa shape index (κ2) is 7.54. The molecule has 2 rings (SSSR count). The van der Waals surface area contributed by atoms with E-state index in [1.54, 1.807) is 18.3 Å². The van der Waals surface area contributed by atoms with E-state index in [0.29, 0.717) is 11.9 Å². The summed E-state index contributed by atoms with van der Waals surface area (Å²) in [4.78, 5) is 24.0. The van der Waals surface area contributed by atoms with Crippen molar-refractivity contribution in [3.63, 3.8) is 0 Å². The Balaban J connectivity index is 1.95. The van der Waals surface area contributed by atoms with E-state index in [9.17, 15) is 9.59 Å². The summed E-state index contributed by atoms with van der Waals surface area (Å²) in [6.07, 6.45) is 2.66. The second-order valence-electron chi connectivity index (χ2n) is 4.79. The maximum absolute atomic E-state index is 12.2. The van der Waals surface area contributed by atoms with E-state index in [4.69, 9.17) is 0 Å². The Bertz CT molecular complexity index is 666. The highest BCUT2D eigenvalue weighted by Gasteiger charge is 2.07. The summed E-state index contributed by atoms with van der Waals surface area (Å²) < 4.78 is 1.19. The van der Waals surface area contributed by atoms with Crippen LogP contribution in [0.5, 0.6) is 0 Å². The van der Waals surface area contributed by atoms with Crippen molar-refractivity contribution < 1.29 is 4.79 Å². The molecule has 2 aromatic rings. The van der Waals surface area contributed by atoms with E-state index in [1.165, 1.54) is 4.68 Å². The van der Waals surface area contributed by atoms with Crippen LogP contribution in [-0.4, -0.2) is 35.3 Å². The van der Waals surface area contributed by atoms with Gasteiger partial charge in [0, 0.05) is 18.5 Å². The van der Waals surface area contributed by atoms with Crippen LogP contribution < -0.4 is 16.2 Å². The normalized spacial score (nSPS) is 10.7. The average molecular weight is 288 g/mol. The lowest BCUT2D eigenvalue weighted by atomic mass is 10.2. The molecule has 1 aromatic heterocycles. The first-order chi connectivity index (χ1) is 10.2. The highest BCUT2D eigenvalue weighted by molar-refractivity contribution is 5.81. The molecule has 1 aromatic carbocycles. The van der Waals surface area contributed by atoms with Gasteiger partial charge in [0.15, 0.2) is 0 Å². The Hall–Kier alpha value is -2.21. The summed E-state index contributed by atoms with van der Waals surface area (Å²) in [6, 6.07) is 7.22. The van der Waals surface area contributed by atoms with Gasteiger partial charge in [-0.3, -0.25) is 9.59 Å². The van der Waals surface area contributed by atoms with Crippen molar-refractivity contribution >= 4 is 16.7 Å². The Morgan fingerprint density at radius 3 is 2.86 bits per heavy atom. The van der Waals surface area contributed by atoms with Crippen LogP contribution in [0.3, 0.4) is 0 Å². The molecule has 1 amide bonds. The molecule has 21 heavy (non-hydrogen) atoms. The van der Waals surface area contributed by atoms with E-state index in [2.05, 4.69) is 22.7 Å². The van der Waals surface area contributed by atoms with Crippen LogP contribution in [0.2, 0.25) is 0 Å². The lowest BCUT2D eigenvalue weighted by Crippen LogP contribution is -2.37. The maximum Gasteiger partial charge on any atom is 0.275 e. The van der Waals surface area contributed by atoms with Gasteiger partial charge in [0.25, 0.3) is 5.56 Å². The zero-order valence-electron chi connectivity index (χ0n) is 12.1. The topological polar surface area (TPSA) is 76.0 Å². The highest BCUT2D eigenvalue weighted by atomic mass is 16.2. The third-order valence-electron chi connectivity index (χ3n) is 3.11. The summed E-state index contributed by atoms with van der Waals surface area (Å²) in [6.45, 7) is 4.23. The number of hydrogen-bond donors (Lipinski definition) is 2. The van der Waals surface area contributed by atoms with Crippen molar-refractivity contribution in [1.82, 2.24) is 20.4 Å². The molecule has 0 unspecified atom stereocenters. The summed E-state index contributed by atoms with van der Waals surface area (Å²) >= 11 is 0. The summed E-state index contributed by atoms with van der Waals surface area (Å²) in [7, 11) is 0. The predicted molar refractivity (Wildman–Crippen MR) is 82.2 cm³/mol. The fraction of sp³-hybridized carbons (Fsp3) is 0.400. The number of carbonyl (C=O) groups excluding carboxylic acids is 1. The number of hydrogen-bond acceptors (Lipinski definition) is 4. The Kier molecular flexibility index (Phi) is 5.45. The van der Waals surface area contributed by atoms with Crippen LogP contribution >= 0.6 is 0 Å². The van der Waals surface area contributed by atoms with Gasteiger partial charge < -0.3 is 10.6 Å². The van der Waals surface area contributed by atoms with Crippen molar-refractivity contribution in [3.8, 4) is 0 Å². The number of carbonyl (C=O) groups is 1. The smallest absolute Gasteiger partial charge is 0.275 e.